The topological polar surface area (TPSA) is 43.1 Å². The van der Waals surface area contributed by atoms with Gasteiger partial charge in [0.2, 0.25) is 0 Å². The lowest BCUT2D eigenvalue weighted by Crippen LogP contribution is -1.98. The molecule has 0 aromatic heterocycles. The van der Waals surface area contributed by atoms with Crippen LogP contribution in [-0.2, 0) is 6.42 Å². The zero-order valence-electron chi connectivity index (χ0n) is 11.6. The third kappa shape index (κ3) is 3.69. The second-order valence-corrected chi connectivity index (χ2v) is 4.77. The van der Waals surface area contributed by atoms with Crippen LogP contribution in [0.3, 0.4) is 0 Å². The average molecular weight is 247 g/mol. The van der Waals surface area contributed by atoms with Crippen LogP contribution >= 0.6 is 0 Å². The third-order valence-corrected chi connectivity index (χ3v) is 3.21. The van der Waals surface area contributed by atoms with E-state index in [-0.39, 0.29) is 10.6 Å². The van der Waals surface area contributed by atoms with Gasteiger partial charge in [0, 0.05) is 12.1 Å². The van der Waals surface area contributed by atoms with Crippen molar-refractivity contribution in [2.75, 3.05) is 0 Å². The summed E-state index contributed by atoms with van der Waals surface area (Å²) in [5.74, 6) is 0. The van der Waals surface area contributed by atoms with Crippen molar-refractivity contribution in [3.8, 4) is 0 Å². The van der Waals surface area contributed by atoms with Gasteiger partial charge in [-0.2, -0.15) is 0 Å². The minimum absolute atomic E-state index is 0.189. The van der Waals surface area contributed by atoms with Gasteiger partial charge in [0.05, 0.1) is 4.92 Å². The maximum absolute atomic E-state index is 10.8. The van der Waals surface area contributed by atoms with Gasteiger partial charge in [-0.25, -0.2) is 0 Å². The van der Waals surface area contributed by atoms with E-state index in [4.69, 9.17) is 0 Å². The molecule has 0 amide bonds. The first-order valence-corrected chi connectivity index (χ1v) is 6.35. The van der Waals surface area contributed by atoms with E-state index in [0.717, 1.165) is 30.4 Å². The third-order valence-electron chi connectivity index (χ3n) is 3.21. The molecule has 0 aliphatic heterocycles. The summed E-state index contributed by atoms with van der Waals surface area (Å²) in [6, 6.07) is 3.34. The smallest absolute Gasteiger partial charge is 0.258 e. The Labute approximate surface area is 109 Å². The number of hydrogen-bond donors (Lipinski definition) is 0. The van der Waals surface area contributed by atoms with E-state index in [1.165, 1.54) is 11.1 Å². The number of nitro benzene ring substituents is 1. The number of nitro groups is 1. The minimum Gasteiger partial charge on any atom is -0.258 e. The fourth-order valence-electron chi connectivity index (χ4n) is 2.24. The lowest BCUT2D eigenvalue weighted by molar-refractivity contribution is -0.385. The van der Waals surface area contributed by atoms with Crippen molar-refractivity contribution in [2.45, 2.75) is 47.0 Å². The van der Waals surface area contributed by atoms with Crippen LogP contribution in [-0.4, -0.2) is 4.92 Å². The van der Waals surface area contributed by atoms with Crippen LogP contribution in [0, 0.1) is 24.0 Å². The Hall–Kier alpha value is -1.64. The Morgan fingerprint density at radius 2 is 1.89 bits per heavy atom. The quantitative estimate of drug-likeness (QED) is 0.437. The summed E-state index contributed by atoms with van der Waals surface area (Å²) < 4.78 is 0. The van der Waals surface area contributed by atoms with Crippen molar-refractivity contribution in [3.63, 3.8) is 0 Å². The zero-order chi connectivity index (χ0) is 13.7. The van der Waals surface area contributed by atoms with Gasteiger partial charge in [0.1, 0.15) is 0 Å². The van der Waals surface area contributed by atoms with Crippen LogP contribution in [0.1, 0.15) is 43.4 Å². The first-order valence-electron chi connectivity index (χ1n) is 6.35. The molecule has 0 bridgehead atoms. The standard InChI is InChI=1S/C15H21NO2/c1-5-6-11(2)7-8-15-12(3)9-14(16(17)18)10-13(15)4/h6,9-10H,5,7-8H2,1-4H3/b11-6-. The van der Waals surface area contributed by atoms with Gasteiger partial charge in [0.25, 0.3) is 5.69 Å². The van der Waals surface area contributed by atoms with E-state index >= 15 is 0 Å². The molecule has 0 heterocycles. The van der Waals surface area contributed by atoms with E-state index in [9.17, 15) is 10.1 Å². The Balaban J connectivity index is 2.91. The number of aryl methyl sites for hydroxylation is 2. The van der Waals surface area contributed by atoms with Crippen LogP contribution in [0.5, 0.6) is 0 Å². The number of hydrogen-bond acceptors (Lipinski definition) is 2. The van der Waals surface area contributed by atoms with Crippen LogP contribution in [0.25, 0.3) is 0 Å². The molecule has 1 aromatic carbocycles. The molecule has 98 valence electrons. The Morgan fingerprint density at radius 1 is 1.33 bits per heavy atom. The summed E-state index contributed by atoms with van der Waals surface area (Å²) in [7, 11) is 0. The van der Waals surface area contributed by atoms with Gasteiger partial charge in [-0.3, -0.25) is 10.1 Å². The second kappa shape index (κ2) is 6.34. The lowest BCUT2D eigenvalue weighted by Gasteiger charge is -2.10. The molecular formula is C15H21NO2. The molecule has 0 unspecified atom stereocenters. The second-order valence-electron chi connectivity index (χ2n) is 4.77. The molecule has 0 aliphatic rings. The molecule has 0 aliphatic carbocycles. The van der Waals surface area contributed by atoms with Crippen molar-refractivity contribution in [1.29, 1.82) is 0 Å². The summed E-state index contributed by atoms with van der Waals surface area (Å²) in [5.41, 5.74) is 4.85. The monoisotopic (exact) mass is 247 g/mol. The summed E-state index contributed by atoms with van der Waals surface area (Å²) in [4.78, 5) is 10.4. The molecule has 3 nitrogen and oxygen atoms in total. The zero-order valence-corrected chi connectivity index (χ0v) is 11.6. The Morgan fingerprint density at radius 3 is 2.33 bits per heavy atom. The number of nitrogens with zero attached hydrogens (tertiary/aromatic N) is 1. The molecule has 18 heavy (non-hydrogen) atoms. The molecule has 0 saturated heterocycles. The molecular weight excluding hydrogens is 226 g/mol. The predicted molar refractivity (Wildman–Crippen MR) is 74.9 cm³/mol. The number of rotatable bonds is 5. The fourth-order valence-corrected chi connectivity index (χ4v) is 2.24. The maximum Gasteiger partial charge on any atom is 0.269 e. The molecule has 1 rings (SSSR count). The van der Waals surface area contributed by atoms with E-state index in [1.807, 2.05) is 13.8 Å². The number of allylic oxidation sites excluding steroid dienone is 2. The van der Waals surface area contributed by atoms with Crippen molar-refractivity contribution in [3.05, 3.63) is 50.6 Å². The lowest BCUT2D eigenvalue weighted by atomic mass is 9.96. The molecule has 0 saturated carbocycles. The maximum atomic E-state index is 10.8. The highest BCUT2D eigenvalue weighted by Gasteiger charge is 2.11. The SMILES string of the molecule is CC/C=C(/C)CCc1c(C)cc([N+](=O)[O-])cc1C. The fraction of sp³-hybridized carbons (Fsp3) is 0.467. The highest BCUT2D eigenvalue weighted by Crippen LogP contribution is 2.23. The van der Waals surface area contributed by atoms with E-state index in [0.29, 0.717) is 0 Å². The van der Waals surface area contributed by atoms with Crippen LogP contribution < -0.4 is 0 Å². The van der Waals surface area contributed by atoms with Gasteiger partial charge in [-0.15, -0.1) is 0 Å². The normalized spacial score (nSPS) is 11.7. The van der Waals surface area contributed by atoms with Crippen molar-refractivity contribution in [2.24, 2.45) is 0 Å². The minimum atomic E-state index is -0.327. The molecule has 0 radical (unpaired) electrons. The molecule has 0 N–H and O–H groups in total. The highest BCUT2D eigenvalue weighted by molar-refractivity contribution is 5.45. The summed E-state index contributed by atoms with van der Waals surface area (Å²) >= 11 is 0. The Kier molecular flexibility index (Phi) is 5.08. The summed E-state index contributed by atoms with van der Waals surface area (Å²) in [6.45, 7) is 8.17. The highest BCUT2D eigenvalue weighted by atomic mass is 16.6. The summed E-state index contributed by atoms with van der Waals surface area (Å²) in [5, 5.41) is 10.8. The van der Waals surface area contributed by atoms with E-state index in [1.54, 1.807) is 12.1 Å². The van der Waals surface area contributed by atoms with Gasteiger partial charge in [-0.1, -0.05) is 18.6 Å². The molecule has 1 aromatic rings. The van der Waals surface area contributed by atoms with Crippen molar-refractivity contribution < 1.29 is 4.92 Å². The molecule has 0 atom stereocenters. The van der Waals surface area contributed by atoms with Gasteiger partial charge in [-0.05, 0) is 56.7 Å². The van der Waals surface area contributed by atoms with Crippen molar-refractivity contribution in [1.82, 2.24) is 0 Å². The van der Waals surface area contributed by atoms with Crippen LogP contribution in [0.2, 0.25) is 0 Å². The molecule has 3 heteroatoms. The van der Waals surface area contributed by atoms with E-state index in [2.05, 4.69) is 19.9 Å². The van der Waals surface area contributed by atoms with Gasteiger partial charge >= 0.3 is 0 Å². The molecule has 0 fully saturated rings. The first kappa shape index (κ1) is 14.4. The van der Waals surface area contributed by atoms with Gasteiger partial charge in [0.15, 0.2) is 0 Å². The van der Waals surface area contributed by atoms with Crippen molar-refractivity contribution >= 4 is 5.69 Å². The average Bonchev–Trinajstić information content (AvgIpc) is 2.27. The number of benzene rings is 1. The molecule has 0 spiro atoms. The largest absolute Gasteiger partial charge is 0.269 e. The number of non-ortho nitro benzene ring substituents is 1. The Bertz CT molecular complexity index is 452. The van der Waals surface area contributed by atoms with E-state index < -0.39 is 0 Å². The predicted octanol–water partition coefficient (Wildman–Crippen LogP) is 4.50. The van der Waals surface area contributed by atoms with Crippen LogP contribution in [0.4, 0.5) is 5.69 Å². The first-order chi connectivity index (χ1) is 8.45. The van der Waals surface area contributed by atoms with Crippen LogP contribution in [0.15, 0.2) is 23.8 Å². The van der Waals surface area contributed by atoms with Gasteiger partial charge < -0.3 is 0 Å². The summed E-state index contributed by atoms with van der Waals surface area (Å²) in [6.07, 6.45) is 5.27.